The van der Waals surface area contributed by atoms with Gasteiger partial charge in [-0.3, -0.25) is 9.59 Å². The molecule has 58 heavy (non-hydrogen) atoms. The summed E-state index contributed by atoms with van der Waals surface area (Å²) in [7, 11) is 0. The molecule has 6 aromatic carbocycles. The molecule has 0 fully saturated rings. The monoisotopic (exact) mass is 840 g/mol. The van der Waals surface area contributed by atoms with Crippen LogP contribution in [0.15, 0.2) is 172 Å². The van der Waals surface area contributed by atoms with Crippen molar-refractivity contribution in [2.75, 3.05) is 0 Å². The van der Waals surface area contributed by atoms with E-state index in [-0.39, 0.29) is 23.6 Å². The molecule has 2 aliphatic rings. The molecular weight excluding hydrogens is 812 g/mol. The number of aromatic hydroxyl groups is 2. The number of rotatable bonds is 6. The third-order valence-corrected chi connectivity index (χ3v) is 10.9. The molecule has 0 radical (unpaired) electrons. The zero-order valence-corrected chi connectivity index (χ0v) is 32.7. The lowest BCUT2D eigenvalue weighted by atomic mass is 9.97. The zero-order valence-electron chi connectivity index (χ0n) is 30.4. The number of hydrogen-bond donors (Lipinski definition) is 4. The molecule has 2 amide bonds. The average Bonchev–Trinajstić information content (AvgIpc) is 4.00. The number of carbonyl (C=O) groups excluding carboxylic acids is 2. The maximum Gasteiger partial charge on any atom is 0.280 e. The Morgan fingerprint density at radius 3 is 1.16 bits per heavy atom. The second kappa shape index (κ2) is 15.1. The molecule has 4 N–H and O–H groups in total. The third kappa shape index (κ3) is 6.76. The number of H-pyrrole nitrogens is 2. The van der Waals surface area contributed by atoms with E-state index in [2.05, 4.69) is 60.1 Å². The number of hydrogen-bond acceptors (Lipinski definition) is 4. The van der Waals surface area contributed by atoms with Gasteiger partial charge < -0.3 is 20.2 Å². The van der Waals surface area contributed by atoms with Crippen LogP contribution in [0.25, 0.3) is 44.8 Å². The molecule has 0 aliphatic carbocycles. The van der Waals surface area contributed by atoms with Gasteiger partial charge in [0.05, 0.1) is 45.1 Å². The van der Waals surface area contributed by atoms with Crippen LogP contribution in [0.3, 0.4) is 0 Å². The van der Waals surface area contributed by atoms with Crippen LogP contribution in [-0.4, -0.2) is 43.4 Å². The van der Waals surface area contributed by atoms with Gasteiger partial charge in [-0.2, -0.15) is 0 Å². The Kier molecular flexibility index (Phi) is 9.53. The lowest BCUT2D eigenvalue weighted by Gasteiger charge is -2.05. The fourth-order valence-corrected chi connectivity index (χ4v) is 7.67. The maximum atomic E-state index is 12.9. The van der Waals surface area contributed by atoms with Crippen molar-refractivity contribution in [3.05, 3.63) is 201 Å². The van der Waals surface area contributed by atoms with E-state index in [0.29, 0.717) is 50.1 Å². The number of nitrogens with one attached hydrogen (secondary N) is 2. The van der Waals surface area contributed by atoms with E-state index in [4.69, 9.17) is 11.6 Å². The number of aromatic nitrogens is 2. The number of carbonyl (C=O) groups is 2. The van der Waals surface area contributed by atoms with E-state index in [1.54, 1.807) is 24.3 Å². The van der Waals surface area contributed by atoms with Crippen LogP contribution in [0.4, 0.5) is 0 Å². The van der Waals surface area contributed by atoms with Crippen molar-refractivity contribution in [3.8, 4) is 56.5 Å². The molecular formula is C48H30BrClN4O4. The second-order valence-corrected chi connectivity index (χ2v) is 15.0. The summed E-state index contributed by atoms with van der Waals surface area (Å²) in [6.07, 6.45) is 0. The number of aliphatic imine (C=N–C) groups is 2. The van der Waals surface area contributed by atoms with Crippen molar-refractivity contribution >= 4 is 50.8 Å². The second-order valence-electron chi connectivity index (χ2n) is 13.6. The quantitative estimate of drug-likeness (QED) is 0.133. The average molecular weight is 842 g/mol. The van der Waals surface area contributed by atoms with Crippen molar-refractivity contribution in [2.45, 2.75) is 0 Å². The highest BCUT2D eigenvalue weighted by Gasteiger charge is 2.34. The van der Waals surface area contributed by atoms with Crippen molar-refractivity contribution in [3.63, 3.8) is 0 Å². The van der Waals surface area contributed by atoms with Gasteiger partial charge in [-0.15, -0.1) is 0 Å². The van der Waals surface area contributed by atoms with Gasteiger partial charge in [-0.05, 0) is 57.6 Å². The van der Waals surface area contributed by atoms with Crippen LogP contribution < -0.4 is 0 Å². The molecule has 10 rings (SSSR count). The Balaban J connectivity index is 0.000000160. The van der Waals surface area contributed by atoms with Gasteiger partial charge in [0.2, 0.25) is 0 Å². The van der Waals surface area contributed by atoms with E-state index >= 15 is 0 Å². The van der Waals surface area contributed by atoms with Gasteiger partial charge in [-0.25, -0.2) is 9.98 Å². The first-order valence-electron chi connectivity index (χ1n) is 18.2. The standard InChI is InChI=1S/C30H20N2O2.C18H10BrClN2O2/c33-29-25-26(28(32-29)24-17-13-22(14-18-24)20-9-5-2-6-10-20)30(34)31-27(25)23-15-11-21(12-16-23)19-7-3-1-4-8-19;19-11-5-1-9(2-6-11)15-13-14(18(24)21-15)16(22-17(13)23)10-3-7-12(20)8-4-10/h1-18,31,34H;1-8,21,24H. The highest BCUT2D eigenvalue weighted by Crippen LogP contribution is 2.40. The smallest absolute Gasteiger partial charge is 0.280 e. The van der Waals surface area contributed by atoms with Gasteiger partial charge in [-0.1, -0.05) is 161 Å². The minimum Gasteiger partial charge on any atom is -0.494 e. The third-order valence-electron chi connectivity index (χ3n) is 10.1. The predicted octanol–water partition coefficient (Wildman–Crippen LogP) is 11.5. The molecule has 0 spiro atoms. The molecule has 0 atom stereocenters. The number of halogens is 2. The summed E-state index contributed by atoms with van der Waals surface area (Å²) in [5, 5.41) is 21.7. The Morgan fingerprint density at radius 1 is 0.414 bits per heavy atom. The first-order chi connectivity index (χ1) is 28.2. The SMILES string of the molecule is O=C1N=C(c2ccc(-c3ccccc3)cc2)c2c(O)[nH]c(-c3ccc(-c4ccccc4)cc3)c21.O=C1N=C(c2ccc(Cl)cc2)c2c(O)[nH]c(-c3ccc(Br)cc3)c21. The minimum atomic E-state index is -0.371. The lowest BCUT2D eigenvalue weighted by molar-refractivity contribution is 0.0998. The Morgan fingerprint density at radius 2 is 0.741 bits per heavy atom. The number of nitrogens with zero attached hydrogens (tertiary/aromatic N) is 2. The molecule has 2 aromatic heterocycles. The fourth-order valence-electron chi connectivity index (χ4n) is 7.28. The normalized spacial score (nSPS) is 12.7. The molecule has 0 saturated carbocycles. The zero-order chi connectivity index (χ0) is 39.9. The summed E-state index contributed by atoms with van der Waals surface area (Å²) in [5.41, 5.74) is 11.3. The van der Waals surface area contributed by atoms with Crippen LogP contribution in [0, 0.1) is 0 Å². The first kappa shape index (κ1) is 36.6. The highest BCUT2D eigenvalue weighted by atomic mass is 79.9. The summed E-state index contributed by atoms with van der Waals surface area (Å²) in [6.45, 7) is 0. The summed E-state index contributed by atoms with van der Waals surface area (Å²) in [6, 6.07) is 50.5. The topological polar surface area (TPSA) is 131 Å². The first-order valence-corrected chi connectivity index (χ1v) is 19.4. The van der Waals surface area contributed by atoms with Gasteiger partial charge in [0.1, 0.15) is 0 Å². The summed E-state index contributed by atoms with van der Waals surface area (Å²) in [4.78, 5) is 39.7. The van der Waals surface area contributed by atoms with Crippen LogP contribution in [0.2, 0.25) is 5.02 Å². The number of fused-ring (bicyclic) bond motifs is 2. The Hall–Kier alpha value is -7.07. The van der Waals surface area contributed by atoms with Crippen molar-refractivity contribution in [1.82, 2.24) is 9.97 Å². The number of benzene rings is 6. The van der Waals surface area contributed by atoms with E-state index in [1.807, 2.05) is 109 Å². The van der Waals surface area contributed by atoms with E-state index in [1.165, 1.54) is 0 Å². The van der Waals surface area contributed by atoms with Crippen molar-refractivity contribution in [1.29, 1.82) is 0 Å². The fraction of sp³-hybridized carbons (Fsp3) is 0. The van der Waals surface area contributed by atoms with Crippen LogP contribution >= 0.6 is 27.5 Å². The summed E-state index contributed by atoms with van der Waals surface area (Å²) in [5.74, 6) is -0.836. The van der Waals surface area contributed by atoms with E-state index < -0.39 is 0 Å². The minimum absolute atomic E-state index is 0.0473. The predicted molar refractivity (Wildman–Crippen MR) is 232 cm³/mol. The van der Waals surface area contributed by atoms with E-state index in [9.17, 15) is 19.8 Å². The number of amides is 2. The van der Waals surface area contributed by atoms with Gasteiger partial charge >= 0.3 is 0 Å². The van der Waals surface area contributed by atoms with Crippen LogP contribution in [0.1, 0.15) is 43.0 Å². The molecule has 2 aliphatic heterocycles. The number of aromatic amines is 2. The molecule has 8 aromatic rings. The molecule has 4 heterocycles. The molecule has 10 heteroatoms. The lowest BCUT2D eigenvalue weighted by Crippen LogP contribution is -1.99. The van der Waals surface area contributed by atoms with Crippen LogP contribution in [-0.2, 0) is 0 Å². The molecule has 0 saturated heterocycles. The van der Waals surface area contributed by atoms with Crippen LogP contribution in [0.5, 0.6) is 11.8 Å². The highest BCUT2D eigenvalue weighted by molar-refractivity contribution is 9.10. The van der Waals surface area contributed by atoms with Crippen molar-refractivity contribution < 1.29 is 19.8 Å². The largest absolute Gasteiger partial charge is 0.494 e. The van der Waals surface area contributed by atoms with Crippen molar-refractivity contribution in [2.24, 2.45) is 9.98 Å². The maximum absolute atomic E-state index is 12.9. The van der Waals surface area contributed by atoms with Gasteiger partial charge in [0.15, 0.2) is 11.8 Å². The molecule has 280 valence electrons. The van der Waals surface area contributed by atoms with Gasteiger partial charge in [0.25, 0.3) is 11.8 Å². The summed E-state index contributed by atoms with van der Waals surface area (Å²) < 4.78 is 0.933. The summed E-state index contributed by atoms with van der Waals surface area (Å²) >= 11 is 9.29. The molecule has 0 bridgehead atoms. The molecule has 0 unspecified atom stereocenters. The Bertz CT molecular complexity index is 2920. The van der Waals surface area contributed by atoms with Gasteiger partial charge in [0, 0.05) is 20.6 Å². The van der Waals surface area contributed by atoms with E-state index in [0.717, 1.165) is 49.0 Å². The Labute approximate surface area is 346 Å². The molecule has 8 nitrogen and oxygen atoms in total.